The summed E-state index contributed by atoms with van der Waals surface area (Å²) in [6.07, 6.45) is 14.6. The van der Waals surface area contributed by atoms with Gasteiger partial charge < -0.3 is 0 Å². The minimum absolute atomic E-state index is 0. The molecule has 30 heavy (non-hydrogen) atoms. The van der Waals surface area contributed by atoms with Crippen LogP contribution in [0.3, 0.4) is 0 Å². The van der Waals surface area contributed by atoms with Gasteiger partial charge in [0.05, 0.1) is 8.07 Å². The van der Waals surface area contributed by atoms with E-state index in [1.807, 2.05) is 0 Å². The van der Waals surface area contributed by atoms with E-state index in [0.29, 0.717) is 16.6 Å². The Bertz CT molecular complexity index is 1050. The monoisotopic (exact) mass is 396 g/mol. The predicted octanol–water partition coefficient (Wildman–Crippen LogP) is 6.47. The SMILES string of the molecule is C[Si](C1C=Cc2ccccc21)(C1C=Cc2ccccc21)C1C=Cc2ccccc21.[LiH]. The zero-order valence-corrected chi connectivity index (χ0v) is 17.6. The first-order valence-electron chi connectivity index (χ1n) is 10.6. The van der Waals surface area contributed by atoms with Crippen molar-refractivity contribution < 1.29 is 0 Å². The molecule has 3 aliphatic carbocycles. The van der Waals surface area contributed by atoms with Gasteiger partial charge in [0.2, 0.25) is 0 Å². The average Bonchev–Trinajstić information content (AvgIpc) is 3.49. The molecular formula is C28H25LiSi. The molecule has 0 saturated carbocycles. The van der Waals surface area contributed by atoms with Crippen LogP contribution in [-0.4, -0.2) is 26.9 Å². The van der Waals surface area contributed by atoms with E-state index in [2.05, 4.69) is 116 Å². The van der Waals surface area contributed by atoms with Crippen molar-refractivity contribution in [1.29, 1.82) is 0 Å². The number of benzene rings is 3. The average molecular weight is 397 g/mol. The van der Waals surface area contributed by atoms with E-state index in [0.717, 1.165) is 0 Å². The van der Waals surface area contributed by atoms with E-state index in [4.69, 9.17) is 0 Å². The fourth-order valence-corrected chi connectivity index (χ4v) is 11.4. The normalized spacial score (nSPS) is 24.1. The Kier molecular flexibility index (Phi) is 4.87. The van der Waals surface area contributed by atoms with Crippen LogP contribution in [0, 0.1) is 0 Å². The summed E-state index contributed by atoms with van der Waals surface area (Å²) in [5.41, 5.74) is 10.3. The summed E-state index contributed by atoms with van der Waals surface area (Å²) in [5.74, 6) is 0. The number of rotatable bonds is 3. The molecule has 0 nitrogen and oxygen atoms in total. The molecule has 2 heteroatoms. The molecule has 3 aromatic rings. The third-order valence-corrected chi connectivity index (χ3v) is 12.9. The molecule has 0 amide bonds. The van der Waals surface area contributed by atoms with Gasteiger partial charge in [-0.3, -0.25) is 0 Å². The van der Waals surface area contributed by atoms with Crippen molar-refractivity contribution in [3.8, 4) is 0 Å². The summed E-state index contributed by atoms with van der Waals surface area (Å²) >= 11 is 0. The van der Waals surface area contributed by atoms with Gasteiger partial charge in [-0.2, -0.15) is 0 Å². The van der Waals surface area contributed by atoms with Crippen LogP contribution >= 0.6 is 0 Å². The van der Waals surface area contributed by atoms with Gasteiger partial charge in [-0.25, -0.2) is 0 Å². The molecule has 3 aromatic carbocycles. The summed E-state index contributed by atoms with van der Waals surface area (Å²) in [5, 5.41) is 0. The first-order valence-corrected chi connectivity index (χ1v) is 13.3. The number of hydrogen-bond donors (Lipinski definition) is 0. The summed E-state index contributed by atoms with van der Waals surface area (Å²) in [7, 11) is -1.96. The van der Waals surface area contributed by atoms with Gasteiger partial charge in [0, 0.05) is 0 Å². The summed E-state index contributed by atoms with van der Waals surface area (Å²) < 4.78 is 0. The Labute approximate surface area is 192 Å². The van der Waals surface area contributed by atoms with Crippen LogP contribution in [-0.2, 0) is 0 Å². The van der Waals surface area contributed by atoms with Crippen LogP contribution in [0.1, 0.15) is 50.0 Å². The molecule has 0 aliphatic heterocycles. The van der Waals surface area contributed by atoms with Crippen molar-refractivity contribution in [3.05, 3.63) is 124 Å². The van der Waals surface area contributed by atoms with Gasteiger partial charge in [0.25, 0.3) is 0 Å². The number of fused-ring (bicyclic) bond motifs is 3. The van der Waals surface area contributed by atoms with Crippen molar-refractivity contribution in [2.75, 3.05) is 0 Å². The van der Waals surface area contributed by atoms with E-state index in [9.17, 15) is 0 Å². The molecule has 0 fully saturated rings. The van der Waals surface area contributed by atoms with Crippen molar-refractivity contribution in [2.24, 2.45) is 0 Å². The van der Waals surface area contributed by atoms with E-state index in [-0.39, 0.29) is 18.9 Å². The molecule has 0 heterocycles. The van der Waals surface area contributed by atoms with Crippen molar-refractivity contribution in [2.45, 2.75) is 23.2 Å². The molecule has 0 N–H and O–H groups in total. The summed E-state index contributed by atoms with van der Waals surface area (Å²) in [6.45, 7) is 2.65. The molecule has 0 radical (unpaired) electrons. The first-order chi connectivity index (χ1) is 14.3. The van der Waals surface area contributed by atoms with E-state index in [1.54, 1.807) is 0 Å². The molecule has 6 rings (SSSR count). The van der Waals surface area contributed by atoms with Gasteiger partial charge in [0.1, 0.15) is 0 Å². The Morgan fingerprint density at radius 3 is 1.13 bits per heavy atom. The van der Waals surface area contributed by atoms with Crippen LogP contribution in [0.4, 0.5) is 0 Å². The molecule has 142 valence electrons. The zero-order valence-electron chi connectivity index (χ0n) is 16.6. The third-order valence-electron chi connectivity index (χ3n) is 7.41. The van der Waals surface area contributed by atoms with E-state index >= 15 is 0 Å². The first kappa shape index (κ1) is 19.6. The molecule has 0 bridgehead atoms. The van der Waals surface area contributed by atoms with Crippen LogP contribution < -0.4 is 0 Å². The fourth-order valence-electron chi connectivity index (χ4n) is 5.96. The molecule has 0 spiro atoms. The van der Waals surface area contributed by atoms with Crippen molar-refractivity contribution in [1.82, 2.24) is 0 Å². The topological polar surface area (TPSA) is 0 Å². The second-order valence-corrected chi connectivity index (χ2v) is 13.4. The van der Waals surface area contributed by atoms with Gasteiger partial charge in [-0.05, 0) is 50.0 Å². The molecule has 3 atom stereocenters. The Morgan fingerprint density at radius 2 is 0.800 bits per heavy atom. The summed E-state index contributed by atoms with van der Waals surface area (Å²) in [4.78, 5) is 0. The van der Waals surface area contributed by atoms with Gasteiger partial charge in [0.15, 0.2) is 0 Å². The predicted molar refractivity (Wildman–Crippen MR) is 133 cm³/mol. The maximum atomic E-state index is 2.65. The standard InChI is InChI=1S/C28H24Si.Li.H/c1-29(26-17-14-20-8-2-5-11-23(20)26,27-18-15-21-9-3-6-12-24(21)27)28-19-16-22-10-4-7-13-25(22)28;;/h2-19,26-28H,1H3;;. The molecule has 0 aromatic heterocycles. The number of allylic oxidation sites excluding steroid dienone is 3. The molecule has 0 saturated heterocycles. The van der Waals surface area contributed by atoms with Crippen molar-refractivity contribution in [3.63, 3.8) is 0 Å². The molecule has 3 unspecified atom stereocenters. The fraction of sp³-hybridized carbons (Fsp3) is 0.143. The molecule has 3 aliphatic rings. The van der Waals surface area contributed by atoms with Gasteiger partial charge >= 0.3 is 18.9 Å². The van der Waals surface area contributed by atoms with Gasteiger partial charge in [-0.15, -0.1) is 0 Å². The third kappa shape index (κ3) is 2.73. The summed E-state index contributed by atoms with van der Waals surface area (Å²) in [6, 6.07) is 27.0. The zero-order chi connectivity index (χ0) is 19.4. The van der Waals surface area contributed by atoms with Crippen LogP contribution in [0.2, 0.25) is 6.55 Å². The van der Waals surface area contributed by atoms with Crippen LogP contribution in [0.5, 0.6) is 0 Å². The molecular weight excluding hydrogens is 371 g/mol. The van der Waals surface area contributed by atoms with E-state index < -0.39 is 8.07 Å². The second kappa shape index (κ2) is 7.43. The Balaban J connectivity index is 0.00000193. The Hall–Kier alpha value is -2.31. The van der Waals surface area contributed by atoms with E-state index in [1.165, 1.54) is 33.4 Å². The van der Waals surface area contributed by atoms with Crippen LogP contribution in [0.15, 0.2) is 91.0 Å². The Morgan fingerprint density at radius 1 is 0.500 bits per heavy atom. The maximum absolute atomic E-state index is 2.65. The van der Waals surface area contributed by atoms with Gasteiger partial charge in [-0.1, -0.05) is 116 Å². The quantitative estimate of drug-likeness (QED) is 0.445. The van der Waals surface area contributed by atoms with Crippen molar-refractivity contribution >= 4 is 45.2 Å². The minimum atomic E-state index is -1.96. The second-order valence-electron chi connectivity index (χ2n) is 8.76. The number of hydrogen-bond acceptors (Lipinski definition) is 0. The van der Waals surface area contributed by atoms with Crippen LogP contribution in [0.25, 0.3) is 18.2 Å².